The van der Waals surface area contributed by atoms with Crippen LogP contribution in [0.3, 0.4) is 0 Å². The lowest BCUT2D eigenvalue weighted by Gasteiger charge is -2.06. The first-order valence-corrected chi connectivity index (χ1v) is 4.74. The molecular weight excluding hydrogens is 200 g/mol. The maximum Gasteiger partial charge on any atom is 0.371 e. The minimum atomic E-state index is -1.14. The molecule has 5 heteroatoms. The summed E-state index contributed by atoms with van der Waals surface area (Å²) in [7, 11) is 0. The molecule has 2 N–H and O–H groups in total. The standard InChI is InChI=1S/C10H14O5/c1-2-14-6-5-7(11)8-3-4-9(15-8)10(12)13/h3-4,7,11H,2,5-6H2,1H3,(H,12,13). The van der Waals surface area contributed by atoms with Crippen LogP contribution in [0.2, 0.25) is 0 Å². The minimum Gasteiger partial charge on any atom is -0.475 e. The highest BCUT2D eigenvalue weighted by atomic mass is 16.5. The van der Waals surface area contributed by atoms with Crippen molar-refractivity contribution < 1.29 is 24.2 Å². The normalized spacial score (nSPS) is 12.7. The first-order chi connectivity index (χ1) is 7.15. The van der Waals surface area contributed by atoms with Gasteiger partial charge in [-0.2, -0.15) is 0 Å². The number of aliphatic hydroxyl groups excluding tert-OH is 1. The number of aromatic carboxylic acids is 1. The number of carbonyl (C=O) groups is 1. The van der Waals surface area contributed by atoms with Crippen LogP contribution in [-0.4, -0.2) is 29.4 Å². The molecule has 84 valence electrons. The van der Waals surface area contributed by atoms with Crippen LogP contribution >= 0.6 is 0 Å². The van der Waals surface area contributed by atoms with Gasteiger partial charge < -0.3 is 19.4 Å². The van der Waals surface area contributed by atoms with E-state index < -0.39 is 12.1 Å². The highest BCUT2D eigenvalue weighted by molar-refractivity contribution is 5.84. The third-order valence-electron chi connectivity index (χ3n) is 1.91. The monoisotopic (exact) mass is 214 g/mol. The maximum atomic E-state index is 10.5. The van der Waals surface area contributed by atoms with Crippen molar-refractivity contribution in [3.63, 3.8) is 0 Å². The number of furan rings is 1. The van der Waals surface area contributed by atoms with E-state index in [1.54, 1.807) is 0 Å². The van der Waals surface area contributed by atoms with Crippen LogP contribution in [-0.2, 0) is 4.74 Å². The Balaban J connectivity index is 2.50. The fraction of sp³-hybridized carbons (Fsp3) is 0.500. The Bertz CT molecular complexity index is 317. The Morgan fingerprint density at radius 3 is 2.87 bits per heavy atom. The van der Waals surface area contributed by atoms with Crippen molar-refractivity contribution in [3.05, 3.63) is 23.7 Å². The zero-order chi connectivity index (χ0) is 11.3. The fourth-order valence-corrected chi connectivity index (χ4v) is 1.13. The molecule has 1 unspecified atom stereocenters. The van der Waals surface area contributed by atoms with Gasteiger partial charge in [-0.3, -0.25) is 0 Å². The quantitative estimate of drug-likeness (QED) is 0.700. The number of carboxylic acids is 1. The Morgan fingerprint density at radius 2 is 2.33 bits per heavy atom. The third-order valence-corrected chi connectivity index (χ3v) is 1.91. The molecule has 0 bridgehead atoms. The molecule has 1 aromatic heterocycles. The topological polar surface area (TPSA) is 79.9 Å². The smallest absolute Gasteiger partial charge is 0.371 e. The lowest BCUT2D eigenvalue weighted by Crippen LogP contribution is -2.02. The summed E-state index contributed by atoms with van der Waals surface area (Å²) in [6, 6.07) is 2.78. The summed E-state index contributed by atoms with van der Waals surface area (Å²) < 4.78 is 9.99. The average Bonchev–Trinajstić information content (AvgIpc) is 2.66. The summed E-state index contributed by atoms with van der Waals surface area (Å²) in [5, 5.41) is 18.2. The van der Waals surface area contributed by atoms with Crippen LogP contribution in [0.25, 0.3) is 0 Å². The van der Waals surface area contributed by atoms with Crippen molar-refractivity contribution >= 4 is 5.97 Å². The van der Waals surface area contributed by atoms with E-state index in [-0.39, 0.29) is 11.5 Å². The van der Waals surface area contributed by atoms with Crippen LogP contribution in [0, 0.1) is 0 Å². The molecule has 0 aliphatic carbocycles. The molecule has 0 aliphatic rings. The highest BCUT2D eigenvalue weighted by Crippen LogP contribution is 2.19. The summed E-state index contributed by atoms with van der Waals surface area (Å²) in [5.41, 5.74) is 0. The molecule has 0 amide bonds. The molecule has 1 heterocycles. The second kappa shape index (κ2) is 5.53. The summed E-state index contributed by atoms with van der Waals surface area (Å²) >= 11 is 0. The van der Waals surface area contributed by atoms with Crippen molar-refractivity contribution in [2.24, 2.45) is 0 Å². The van der Waals surface area contributed by atoms with Crippen molar-refractivity contribution in [2.75, 3.05) is 13.2 Å². The van der Waals surface area contributed by atoms with Gasteiger partial charge in [0.2, 0.25) is 5.76 Å². The molecular formula is C10H14O5. The van der Waals surface area contributed by atoms with E-state index in [1.165, 1.54) is 12.1 Å². The lowest BCUT2D eigenvalue weighted by molar-refractivity contribution is 0.0626. The molecule has 0 fully saturated rings. The van der Waals surface area contributed by atoms with Gasteiger partial charge in [-0.1, -0.05) is 0 Å². The van der Waals surface area contributed by atoms with Gasteiger partial charge in [-0.25, -0.2) is 4.79 Å². The Labute approximate surface area is 87.3 Å². The molecule has 1 rings (SSSR count). The molecule has 1 atom stereocenters. The van der Waals surface area contributed by atoms with E-state index in [0.29, 0.717) is 19.6 Å². The van der Waals surface area contributed by atoms with Gasteiger partial charge in [0.25, 0.3) is 0 Å². The number of rotatable bonds is 6. The van der Waals surface area contributed by atoms with Crippen LogP contribution in [0.15, 0.2) is 16.5 Å². The minimum absolute atomic E-state index is 0.166. The largest absolute Gasteiger partial charge is 0.475 e. The van der Waals surface area contributed by atoms with E-state index in [4.69, 9.17) is 14.3 Å². The zero-order valence-electron chi connectivity index (χ0n) is 8.47. The van der Waals surface area contributed by atoms with Crippen molar-refractivity contribution in [1.29, 1.82) is 0 Å². The molecule has 15 heavy (non-hydrogen) atoms. The number of hydrogen-bond donors (Lipinski definition) is 2. The van der Waals surface area contributed by atoms with Crippen LogP contribution < -0.4 is 0 Å². The second-order valence-corrected chi connectivity index (χ2v) is 3.01. The molecule has 0 radical (unpaired) electrons. The van der Waals surface area contributed by atoms with Crippen LogP contribution in [0.1, 0.15) is 35.8 Å². The van der Waals surface area contributed by atoms with E-state index >= 15 is 0 Å². The summed E-state index contributed by atoms with van der Waals surface area (Å²) in [5.74, 6) is -1.05. The first-order valence-electron chi connectivity index (χ1n) is 4.74. The third kappa shape index (κ3) is 3.38. The predicted octanol–water partition coefficient (Wildman–Crippen LogP) is 1.44. The molecule has 0 spiro atoms. The fourth-order valence-electron chi connectivity index (χ4n) is 1.13. The predicted molar refractivity (Wildman–Crippen MR) is 51.7 cm³/mol. The SMILES string of the molecule is CCOCCC(O)c1ccc(C(=O)O)o1. The van der Waals surface area contributed by atoms with Gasteiger partial charge in [0.15, 0.2) is 0 Å². The van der Waals surface area contributed by atoms with Gasteiger partial charge >= 0.3 is 5.97 Å². The van der Waals surface area contributed by atoms with Gasteiger partial charge in [0.1, 0.15) is 11.9 Å². The van der Waals surface area contributed by atoms with Gasteiger partial charge in [-0.05, 0) is 19.1 Å². The lowest BCUT2D eigenvalue weighted by atomic mass is 10.2. The first kappa shape index (κ1) is 11.7. The molecule has 0 aromatic carbocycles. The summed E-state index contributed by atoms with van der Waals surface area (Å²) in [4.78, 5) is 10.5. The van der Waals surface area contributed by atoms with E-state index in [2.05, 4.69) is 0 Å². The second-order valence-electron chi connectivity index (χ2n) is 3.01. The summed E-state index contributed by atoms with van der Waals surface area (Å²) in [6.45, 7) is 2.87. The number of ether oxygens (including phenoxy) is 1. The molecule has 0 aliphatic heterocycles. The Morgan fingerprint density at radius 1 is 1.60 bits per heavy atom. The van der Waals surface area contributed by atoms with Crippen molar-refractivity contribution in [3.8, 4) is 0 Å². The Hall–Kier alpha value is -1.33. The van der Waals surface area contributed by atoms with Crippen LogP contribution in [0.5, 0.6) is 0 Å². The molecule has 0 saturated carbocycles. The number of hydrogen-bond acceptors (Lipinski definition) is 4. The maximum absolute atomic E-state index is 10.5. The van der Waals surface area contributed by atoms with Gasteiger partial charge in [0, 0.05) is 19.6 Å². The zero-order valence-corrected chi connectivity index (χ0v) is 8.47. The molecule has 5 nitrogen and oxygen atoms in total. The van der Waals surface area contributed by atoms with E-state index in [9.17, 15) is 9.90 Å². The van der Waals surface area contributed by atoms with Gasteiger partial charge in [0.05, 0.1) is 0 Å². The van der Waals surface area contributed by atoms with Gasteiger partial charge in [-0.15, -0.1) is 0 Å². The summed E-state index contributed by atoms with van der Waals surface area (Å²) in [6.07, 6.45) is -0.426. The highest BCUT2D eigenvalue weighted by Gasteiger charge is 2.15. The molecule has 0 saturated heterocycles. The number of carboxylic acid groups (broad SMARTS) is 1. The van der Waals surface area contributed by atoms with Crippen molar-refractivity contribution in [1.82, 2.24) is 0 Å². The number of aliphatic hydroxyl groups is 1. The average molecular weight is 214 g/mol. The Kier molecular flexibility index (Phi) is 4.33. The van der Waals surface area contributed by atoms with E-state index in [1.807, 2.05) is 6.92 Å². The van der Waals surface area contributed by atoms with Crippen molar-refractivity contribution in [2.45, 2.75) is 19.4 Å². The molecule has 1 aromatic rings. The van der Waals surface area contributed by atoms with Crippen LogP contribution in [0.4, 0.5) is 0 Å². The van der Waals surface area contributed by atoms with E-state index in [0.717, 1.165) is 0 Å².